The van der Waals surface area contributed by atoms with E-state index < -0.39 is 23.7 Å². The summed E-state index contributed by atoms with van der Waals surface area (Å²) in [5.41, 5.74) is 1.22. The average molecular weight is 304 g/mol. The molecule has 0 saturated carbocycles. The quantitative estimate of drug-likeness (QED) is 0.498. The molecule has 1 aromatic carbocycles. The van der Waals surface area contributed by atoms with Crippen LogP contribution in [0.4, 0.5) is 13.2 Å². The van der Waals surface area contributed by atoms with Gasteiger partial charge in [-0.05, 0) is 18.6 Å². The topological polar surface area (TPSA) is 52.6 Å². The first-order valence-corrected chi connectivity index (χ1v) is 6.17. The van der Waals surface area contributed by atoms with Gasteiger partial charge in [0.05, 0.1) is 5.56 Å². The zero-order chi connectivity index (χ0) is 14.9. The summed E-state index contributed by atoms with van der Waals surface area (Å²) in [7, 11) is 0. The van der Waals surface area contributed by atoms with Gasteiger partial charge < -0.3 is 4.90 Å². The van der Waals surface area contributed by atoms with Crippen molar-refractivity contribution in [3.63, 3.8) is 0 Å². The van der Waals surface area contributed by atoms with E-state index in [-0.39, 0.29) is 0 Å². The van der Waals surface area contributed by atoms with Crippen LogP contribution in [0.3, 0.4) is 0 Å². The highest BCUT2D eigenvalue weighted by molar-refractivity contribution is 7.80. The fourth-order valence-electron chi connectivity index (χ4n) is 1.95. The minimum absolute atomic E-state index is 0.290. The molecule has 0 bridgehead atoms. The van der Waals surface area contributed by atoms with Crippen molar-refractivity contribution < 1.29 is 23.2 Å². The third-order valence-electron chi connectivity index (χ3n) is 3.15. The van der Waals surface area contributed by atoms with Crippen LogP contribution in [0.2, 0.25) is 0 Å². The van der Waals surface area contributed by atoms with Gasteiger partial charge in [0, 0.05) is 12.1 Å². The van der Waals surface area contributed by atoms with E-state index in [1.54, 1.807) is 10.4 Å². The number of rotatable bonds is 2. The molecule has 1 aliphatic rings. The van der Waals surface area contributed by atoms with Gasteiger partial charge in [0.2, 0.25) is 0 Å². The summed E-state index contributed by atoms with van der Waals surface area (Å²) in [5.74, 6) is -0.578. The molecule has 0 aromatic heterocycles. The molecule has 1 aliphatic heterocycles. The molecule has 1 atom stereocenters. The first-order valence-electron chi connectivity index (χ1n) is 5.77. The van der Waals surface area contributed by atoms with Crippen molar-refractivity contribution in [1.82, 2.24) is 10.4 Å². The van der Waals surface area contributed by atoms with E-state index in [2.05, 4.69) is 0 Å². The van der Waals surface area contributed by atoms with Gasteiger partial charge in [-0.15, -0.1) is 0 Å². The van der Waals surface area contributed by atoms with E-state index in [4.69, 9.17) is 17.4 Å². The smallest absolute Gasteiger partial charge is 0.350 e. The first-order chi connectivity index (χ1) is 9.34. The zero-order valence-electron chi connectivity index (χ0n) is 10.1. The predicted octanol–water partition coefficient (Wildman–Crippen LogP) is 1.96. The summed E-state index contributed by atoms with van der Waals surface area (Å²) in [6.45, 7) is 0.526. The molecular weight excluding hydrogens is 293 g/mol. The fourth-order valence-corrected chi connectivity index (χ4v) is 2.30. The Balaban J connectivity index is 2.12. The van der Waals surface area contributed by atoms with Gasteiger partial charge >= 0.3 is 6.18 Å². The van der Waals surface area contributed by atoms with E-state index in [9.17, 15) is 18.0 Å². The maximum atomic E-state index is 12.4. The Hall–Kier alpha value is -1.67. The lowest BCUT2D eigenvalue weighted by Crippen LogP contribution is -2.57. The summed E-state index contributed by atoms with van der Waals surface area (Å²) >= 11 is 5.16. The highest BCUT2D eigenvalue weighted by atomic mass is 32.1. The largest absolute Gasteiger partial charge is 0.416 e. The van der Waals surface area contributed by atoms with Crippen LogP contribution in [-0.2, 0) is 11.0 Å². The Morgan fingerprint density at radius 3 is 2.35 bits per heavy atom. The molecule has 108 valence electrons. The number of likely N-dealkylation sites (tertiary alicyclic amines) is 1. The summed E-state index contributed by atoms with van der Waals surface area (Å²) in [5, 5.41) is 8.57. The van der Waals surface area contributed by atoms with Crippen LogP contribution in [-0.4, -0.2) is 33.6 Å². The number of nitrogens with one attached hydrogen (secondary N) is 1. The Kier molecular flexibility index (Phi) is 3.96. The summed E-state index contributed by atoms with van der Waals surface area (Å²) in [6, 6.07) is 3.87. The predicted molar refractivity (Wildman–Crippen MR) is 68.2 cm³/mol. The van der Waals surface area contributed by atoms with Gasteiger partial charge in [0.1, 0.15) is 11.0 Å². The third-order valence-corrected chi connectivity index (χ3v) is 3.62. The summed E-state index contributed by atoms with van der Waals surface area (Å²) < 4.78 is 37.3. The van der Waals surface area contributed by atoms with Crippen molar-refractivity contribution in [2.45, 2.75) is 18.6 Å². The van der Waals surface area contributed by atoms with Crippen molar-refractivity contribution in [2.75, 3.05) is 6.54 Å². The normalized spacial score (nSPS) is 18.4. The molecule has 0 unspecified atom stereocenters. The van der Waals surface area contributed by atoms with Gasteiger partial charge in [0.15, 0.2) is 0 Å². The number of halogens is 3. The van der Waals surface area contributed by atoms with E-state index in [0.717, 1.165) is 12.1 Å². The van der Waals surface area contributed by atoms with Gasteiger partial charge in [0.25, 0.3) is 5.91 Å². The molecule has 2 N–H and O–H groups in total. The van der Waals surface area contributed by atoms with E-state index in [1.165, 1.54) is 12.1 Å². The minimum Gasteiger partial charge on any atom is -0.350 e. The minimum atomic E-state index is -4.39. The van der Waals surface area contributed by atoms with Gasteiger partial charge in [-0.1, -0.05) is 24.4 Å². The number of hydrogen-bond donors (Lipinski definition) is 2. The van der Waals surface area contributed by atoms with Crippen LogP contribution in [0, 0.1) is 0 Å². The van der Waals surface area contributed by atoms with Crippen molar-refractivity contribution >= 4 is 23.1 Å². The number of nitrogens with zero attached hydrogens (tertiary/aromatic N) is 1. The highest BCUT2D eigenvalue weighted by Gasteiger charge is 2.36. The van der Waals surface area contributed by atoms with Crippen LogP contribution >= 0.6 is 12.2 Å². The lowest BCUT2D eigenvalue weighted by atomic mass is 10.0. The second-order valence-corrected chi connectivity index (χ2v) is 4.74. The number of alkyl halides is 3. The molecule has 0 aliphatic carbocycles. The third kappa shape index (κ3) is 2.75. The number of benzene rings is 1. The lowest BCUT2D eigenvalue weighted by molar-refractivity contribution is -0.137. The summed E-state index contributed by atoms with van der Waals surface area (Å²) in [6.07, 6.45) is -3.86. The first kappa shape index (κ1) is 14.7. The second-order valence-electron chi connectivity index (χ2n) is 4.35. The van der Waals surface area contributed by atoms with Crippen LogP contribution in [0.5, 0.6) is 0 Å². The maximum absolute atomic E-state index is 12.4. The fraction of sp³-hybridized carbons (Fsp3) is 0.333. The standard InChI is InChI=1S/C12H11F3N2O2S/c13-12(14,15)8-3-1-7(2-4-8)11(20)17-6-5-9(17)10(18)16-19/h1-4,9,19H,5-6H2,(H,16,18)/t9-/m1/s1. The molecule has 1 heterocycles. The number of thiocarbonyl (C=S) groups is 1. The molecule has 1 fully saturated rings. The monoisotopic (exact) mass is 304 g/mol. The summed E-state index contributed by atoms with van der Waals surface area (Å²) in [4.78, 5) is 13.2. The molecule has 4 nitrogen and oxygen atoms in total. The molecule has 20 heavy (non-hydrogen) atoms. The molecule has 1 saturated heterocycles. The van der Waals surface area contributed by atoms with E-state index in [1.807, 2.05) is 0 Å². The van der Waals surface area contributed by atoms with Gasteiger partial charge in [-0.3, -0.25) is 10.0 Å². The highest BCUT2D eigenvalue weighted by Crippen LogP contribution is 2.30. The van der Waals surface area contributed by atoms with Crippen LogP contribution in [0.15, 0.2) is 24.3 Å². The van der Waals surface area contributed by atoms with Crippen LogP contribution in [0.1, 0.15) is 17.5 Å². The average Bonchev–Trinajstić information content (AvgIpc) is 2.36. The Morgan fingerprint density at radius 1 is 1.35 bits per heavy atom. The SMILES string of the molecule is O=C(NO)[C@H]1CCN1C(=S)c1ccc(C(F)(F)F)cc1. The molecule has 2 rings (SSSR count). The number of carbonyl (C=O) groups excluding carboxylic acids is 1. The molecule has 0 radical (unpaired) electrons. The van der Waals surface area contributed by atoms with Gasteiger partial charge in [-0.25, -0.2) is 5.48 Å². The Bertz CT molecular complexity index is 530. The molecule has 1 aromatic rings. The van der Waals surface area contributed by atoms with Crippen LogP contribution in [0.25, 0.3) is 0 Å². The molecule has 8 heteroatoms. The van der Waals surface area contributed by atoms with E-state index in [0.29, 0.717) is 23.5 Å². The van der Waals surface area contributed by atoms with Crippen LogP contribution < -0.4 is 5.48 Å². The van der Waals surface area contributed by atoms with Crippen molar-refractivity contribution in [2.24, 2.45) is 0 Å². The molecule has 1 amide bonds. The number of hydroxylamine groups is 1. The van der Waals surface area contributed by atoms with Crippen molar-refractivity contribution in [3.05, 3.63) is 35.4 Å². The Morgan fingerprint density at radius 2 is 1.95 bits per heavy atom. The van der Waals surface area contributed by atoms with Crippen molar-refractivity contribution in [1.29, 1.82) is 0 Å². The molecular formula is C12H11F3N2O2S. The zero-order valence-corrected chi connectivity index (χ0v) is 11.0. The molecule has 0 spiro atoms. The Labute approximate surface area is 118 Å². The van der Waals surface area contributed by atoms with Crippen molar-refractivity contribution in [3.8, 4) is 0 Å². The number of amides is 1. The maximum Gasteiger partial charge on any atom is 0.416 e. The second kappa shape index (κ2) is 5.37. The van der Waals surface area contributed by atoms with E-state index >= 15 is 0 Å². The number of carbonyl (C=O) groups is 1. The van der Waals surface area contributed by atoms with Gasteiger partial charge in [-0.2, -0.15) is 13.2 Å². The lowest BCUT2D eigenvalue weighted by Gasteiger charge is -2.41. The number of hydrogen-bond acceptors (Lipinski definition) is 3.